The fraction of sp³-hybridized carbons (Fsp3) is 0.209. The molecular formula is C43H45GaN2O8. The van der Waals surface area contributed by atoms with Gasteiger partial charge in [-0.3, -0.25) is 29.0 Å². The summed E-state index contributed by atoms with van der Waals surface area (Å²) in [6.45, 7) is -0.425. The zero-order valence-corrected chi connectivity index (χ0v) is 29.2. The molecule has 0 heterocycles. The van der Waals surface area contributed by atoms with Crippen molar-refractivity contribution in [3.63, 3.8) is 0 Å². The molecule has 10 nitrogen and oxygen atoms in total. The number of phenolic OH excluding ortho intramolecular Hbond substituents is 1. The first kappa shape index (κ1) is 41.3. The number of aromatic hydroxyl groups is 1. The molecule has 4 N–H and O–H groups in total. The van der Waals surface area contributed by atoms with Crippen molar-refractivity contribution < 1.29 is 39.6 Å². The molecule has 0 radical (unpaired) electrons. The minimum absolute atomic E-state index is 0. The van der Waals surface area contributed by atoms with Gasteiger partial charge in [0.2, 0.25) is 0 Å². The Balaban J connectivity index is 0.00000650. The average Bonchev–Trinajstić information content (AvgIpc) is 3.14. The van der Waals surface area contributed by atoms with E-state index in [0.717, 1.165) is 33.4 Å². The first-order valence-electron chi connectivity index (χ1n) is 17.3. The van der Waals surface area contributed by atoms with Crippen LogP contribution in [0, 0.1) is 5.92 Å². The molecule has 4 aromatic carbocycles. The van der Waals surface area contributed by atoms with Crippen molar-refractivity contribution in [2.24, 2.45) is 5.92 Å². The third-order valence-corrected chi connectivity index (χ3v) is 8.97. The molecule has 1 unspecified atom stereocenters. The Labute approximate surface area is 327 Å². The number of phenols is 1. The molecule has 11 heteroatoms. The van der Waals surface area contributed by atoms with E-state index in [-0.39, 0.29) is 83.4 Å². The molecular weight excluding hydrogens is 742 g/mol. The summed E-state index contributed by atoms with van der Waals surface area (Å²) in [7, 11) is 0. The summed E-state index contributed by atoms with van der Waals surface area (Å²) in [5.41, 5.74) is 6.82. The van der Waals surface area contributed by atoms with Crippen LogP contribution in [0.3, 0.4) is 0 Å². The zero-order valence-electron chi connectivity index (χ0n) is 29.2. The molecule has 0 amide bonds. The Morgan fingerprint density at radius 2 is 1.11 bits per heavy atom. The molecule has 1 aliphatic carbocycles. The third-order valence-electron chi connectivity index (χ3n) is 8.97. The van der Waals surface area contributed by atoms with Gasteiger partial charge in [-0.1, -0.05) is 115 Å². The summed E-state index contributed by atoms with van der Waals surface area (Å²) in [6.07, 6.45) is 4.78. The van der Waals surface area contributed by atoms with Crippen molar-refractivity contribution in [3.8, 4) is 5.75 Å². The van der Waals surface area contributed by atoms with Crippen molar-refractivity contribution in [1.29, 1.82) is 0 Å². The molecule has 1 atom stereocenters. The number of carboxylic acid groups (broad SMARTS) is 3. The van der Waals surface area contributed by atoms with Gasteiger partial charge >= 0.3 is 37.7 Å². The number of benzene rings is 4. The number of hydrogen-bond donors (Lipinski definition) is 4. The Morgan fingerprint density at radius 3 is 1.63 bits per heavy atom. The normalized spacial score (nSPS) is 13.6. The van der Waals surface area contributed by atoms with Crippen LogP contribution < -0.4 is 0 Å². The average molecular weight is 788 g/mol. The van der Waals surface area contributed by atoms with Crippen LogP contribution in [0.4, 0.5) is 0 Å². The summed E-state index contributed by atoms with van der Waals surface area (Å²) in [4.78, 5) is 50.9. The number of allylic oxidation sites excluding steroid dienone is 3. The molecule has 0 saturated carbocycles. The number of carbonyl (C=O) groups excluding carboxylic acids is 1. The van der Waals surface area contributed by atoms with Gasteiger partial charge in [0, 0.05) is 38.2 Å². The number of ketones is 1. The summed E-state index contributed by atoms with van der Waals surface area (Å²) < 4.78 is 0. The number of aliphatic carboxylic acids is 3. The SMILES string of the molecule is O=C(O)CCC1=CC(CN(CCN(CC(=O)O)Cc2cc(C(=C(c3ccccc3)c3ccccc3)c3ccccc3)ccc2O)CC(=O)O)C(=O)C=C1.[GaH3]. The second-order valence-corrected chi connectivity index (χ2v) is 12.9. The van der Waals surface area contributed by atoms with Crippen molar-refractivity contribution in [2.75, 3.05) is 32.7 Å². The second-order valence-electron chi connectivity index (χ2n) is 12.9. The monoisotopic (exact) mass is 786 g/mol. The number of rotatable bonds is 18. The quantitative estimate of drug-likeness (QED) is 0.0797. The van der Waals surface area contributed by atoms with Gasteiger partial charge < -0.3 is 20.4 Å². The predicted molar refractivity (Wildman–Crippen MR) is 212 cm³/mol. The minimum atomic E-state index is -1.11. The van der Waals surface area contributed by atoms with Crippen LogP contribution in [0.15, 0.2) is 133 Å². The fourth-order valence-electron chi connectivity index (χ4n) is 6.50. The standard InChI is InChI=1S/C43H42N2O8.Ga.3H/c46-37-19-16-30(17-21-39(48)49)24-35(37)26-44(28-40(50)51)22-23-45(29-41(52)53)27-36-25-34(18-20-38(36)47)43(33-14-8-3-9-15-33)42(31-10-4-1-5-11-31)32-12-6-2-7-13-32;;;;/h1-16,18-20,24-25,35,47H,17,21-23,26-29H2,(H,48,49)(H,50,51)(H,52,53);;;;. The predicted octanol–water partition coefficient (Wildman–Crippen LogP) is 5.04. The van der Waals surface area contributed by atoms with Crippen molar-refractivity contribution in [3.05, 3.63) is 161 Å². The Hall–Kier alpha value is -5.46. The first-order chi connectivity index (χ1) is 25.6. The summed E-state index contributed by atoms with van der Waals surface area (Å²) in [6, 6.07) is 35.3. The van der Waals surface area contributed by atoms with Crippen LogP contribution in [0.2, 0.25) is 0 Å². The van der Waals surface area contributed by atoms with Crippen LogP contribution in [-0.4, -0.2) is 106 Å². The number of hydrogen-bond acceptors (Lipinski definition) is 7. The van der Waals surface area contributed by atoms with Crippen molar-refractivity contribution >= 4 is 54.6 Å². The van der Waals surface area contributed by atoms with Crippen LogP contribution in [-0.2, 0) is 25.7 Å². The number of nitrogens with zero attached hydrogens (tertiary/aromatic N) is 2. The van der Waals surface area contributed by atoms with E-state index >= 15 is 0 Å². The van der Waals surface area contributed by atoms with Crippen LogP contribution in [0.5, 0.6) is 5.75 Å². The zero-order chi connectivity index (χ0) is 37.7. The maximum absolute atomic E-state index is 12.7. The van der Waals surface area contributed by atoms with Gasteiger partial charge in [-0.25, -0.2) is 0 Å². The van der Waals surface area contributed by atoms with E-state index in [1.54, 1.807) is 28.0 Å². The van der Waals surface area contributed by atoms with Gasteiger partial charge in [0.1, 0.15) is 5.75 Å². The molecule has 0 saturated heterocycles. The van der Waals surface area contributed by atoms with Crippen LogP contribution in [0.1, 0.15) is 40.7 Å². The van der Waals surface area contributed by atoms with E-state index < -0.39 is 23.8 Å². The van der Waals surface area contributed by atoms with Crippen molar-refractivity contribution in [2.45, 2.75) is 19.4 Å². The summed E-state index contributed by atoms with van der Waals surface area (Å²) >= 11 is 0. The van der Waals surface area contributed by atoms with E-state index in [2.05, 4.69) is 0 Å². The molecule has 0 spiro atoms. The molecule has 0 aromatic heterocycles. The van der Waals surface area contributed by atoms with Gasteiger partial charge in [-0.15, -0.1) is 0 Å². The Bertz CT molecular complexity index is 1970. The van der Waals surface area contributed by atoms with Gasteiger partial charge in [-0.2, -0.15) is 0 Å². The molecule has 0 aliphatic heterocycles. The number of carbonyl (C=O) groups is 4. The Kier molecular flexibility index (Phi) is 15.4. The van der Waals surface area contributed by atoms with E-state index in [4.69, 9.17) is 5.11 Å². The van der Waals surface area contributed by atoms with Gasteiger partial charge in [0.05, 0.1) is 19.0 Å². The van der Waals surface area contributed by atoms with Gasteiger partial charge in [0.15, 0.2) is 5.78 Å². The van der Waals surface area contributed by atoms with E-state index in [1.807, 2.05) is 103 Å². The van der Waals surface area contributed by atoms with E-state index in [9.17, 15) is 34.5 Å². The second kappa shape index (κ2) is 20.1. The number of carboxylic acids is 3. The Morgan fingerprint density at radius 1 is 0.611 bits per heavy atom. The van der Waals surface area contributed by atoms with E-state index in [1.165, 1.54) is 6.08 Å². The summed E-state index contributed by atoms with van der Waals surface area (Å²) in [5.74, 6) is -4.08. The van der Waals surface area contributed by atoms with Gasteiger partial charge in [0.25, 0.3) is 0 Å². The molecule has 278 valence electrons. The van der Waals surface area contributed by atoms with Crippen LogP contribution >= 0.6 is 0 Å². The molecule has 0 bridgehead atoms. The summed E-state index contributed by atoms with van der Waals surface area (Å²) in [5, 5.41) is 39.7. The molecule has 4 aromatic rings. The molecule has 1 aliphatic rings. The molecule has 54 heavy (non-hydrogen) atoms. The molecule has 0 fully saturated rings. The maximum atomic E-state index is 12.7. The van der Waals surface area contributed by atoms with Crippen molar-refractivity contribution in [1.82, 2.24) is 9.80 Å². The molecule has 5 rings (SSSR count). The third kappa shape index (κ3) is 11.8. The first-order valence-corrected chi connectivity index (χ1v) is 17.3. The fourth-order valence-corrected chi connectivity index (χ4v) is 6.50. The topological polar surface area (TPSA) is 156 Å². The van der Waals surface area contributed by atoms with Crippen LogP contribution in [0.25, 0.3) is 11.1 Å². The van der Waals surface area contributed by atoms with E-state index in [0.29, 0.717) is 11.1 Å². The van der Waals surface area contributed by atoms with Gasteiger partial charge in [-0.05, 0) is 58.0 Å².